The largest absolute Gasteiger partial charge is 0.497 e. The molecule has 0 fully saturated rings. The summed E-state index contributed by atoms with van der Waals surface area (Å²) in [5.74, 6) is 0.901. The number of anilines is 1. The first-order chi connectivity index (χ1) is 10.2. The Bertz CT molecular complexity index is 680. The summed E-state index contributed by atoms with van der Waals surface area (Å²) in [5, 5.41) is 11.7. The second-order valence-corrected chi connectivity index (χ2v) is 4.34. The maximum Gasteiger partial charge on any atom is 0.147 e. The summed E-state index contributed by atoms with van der Waals surface area (Å²) in [6, 6.07) is 11.6. The van der Waals surface area contributed by atoms with E-state index in [0.29, 0.717) is 29.3 Å². The molecule has 0 unspecified atom stereocenters. The zero-order valence-electron chi connectivity index (χ0n) is 11.8. The fraction of sp³-hybridized carbons (Fsp3) is 0.188. The smallest absolute Gasteiger partial charge is 0.147 e. The molecule has 0 spiro atoms. The van der Waals surface area contributed by atoms with E-state index in [0.717, 1.165) is 5.56 Å². The van der Waals surface area contributed by atoms with Gasteiger partial charge in [0.1, 0.15) is 17.3 Å². The number of nitriles is 1. The fourth-order valence-electron chi connectivity index (χ4n) is 1.92. The van der Waals surface area contributed by atoms with E-state index in [4.69, 9.17) is 14.7 Å². The van der Waals surface area contributed by atoms with Gasteiger partial charge in [-0.3, -0.25) is 0 Å². The normalized spacial score (nSPS) is 9.81. The number of nitrogens with one attached hydrogen (secondary N) is 1. The molecule has 0 saturated carbocycles. The minimum Gasteiger partial charge on any atom is -0.497 e. The van der Waals surface area contributed by atoms with E-state index in [9.17, 15) is 4.39 Å². The molecule has 0 aliphatic heterocycles. The van der Waals surface area contributed by atoms with Crippen LogP contribution in [0.15, 0.2) is 36.4 Å². The number of nitrogens with zero attached hydrogens (tertiary/aromatic N) is 1. The molecule has 0 heterocycles. The first kappa shape index (κ1) is 14.7. The number of hydrogen-bond donors (Lipinski definition) is 1. The van der Waals surface area contributed by atoms with Crippen LogP contribution in [-0.2, 0) is 6.54 Å². The van der Waals surface area contributed by atoms with Gasteiger partial charge < -0.3 is 14.8 Å². The van der Waals surface area contributed by atoms with Crippen LogP contribution in [-0.4, -0.2) is 14.2 Å². The van der Waals surface area contributed by atoms with Gasteiger partial charge >= 0.3 is 0 Å². The molecule has 0 atom stereocenters. The Balaban J connectivity index is 2.15. The van der Waals surface area contributed by atoms with Crippen molar-refractivity contribution in [3.63, 3.8) is 0 Å². The lowest BCUT2D eigenvalue weighted by molar-refractivity contribution is 0.391. The summed E-state index contributed by atoms with van der Waals surface area (Å²) in [4.78, 5) is 0. The van der Waals surface area contributed by atoms with Crippen LogP contribution in [0.2, 0.25) is 0 Å². The average molecular weight is 286 g/mol. The minimum atomic E-state index is -0.457. The Morgan fingerprint density at radius 2 is 1.95 bits per heavy atom. The van der Waals surface area contributed by atoms with Gasteiger partial charge in [0.05, 0.1) is 31.5 Å². The van der Waals surface area contributed by atoms with E-state index >= 15 is 0 Å². The monoisotopic (exact) mass is 286 g/mol. The first-order valence-electron chi connectivity index (χ1n) is 6.32. The van der Waals surface area contributed by atoms with Crippen LogP contribution in [0.3, 0.4) is 0 Å². The Kier molecular flexibility index (Phi) is 4.62. The van der Waals surface area contributed by atoms with Gasteiger partial charge in [-0.2, -0.15) is 5.26 Å². The highest BCUT2D eigenvalue weighted by atomic mass is 19.1. The molecule has 5 heteroatoms. The lowest BCUT2D eigenvalue weighted by Gasteiger charge is -2.12. The van der Waals surface area contributed by atoms with Crippen molar-refractivity contribution < 1.29 is 13.9 Å². The fourth-order valence-corrected chi connectivity index (χ4v) is 1.92. The maximum absolute atomic E-state index is 13.8. The van der Waals surface area contributed by atoms with Gasteiger partial charge in [0.15, 0.2) is 0 Å². The van der Waals surface area contributed by atoms with Gasteiger partial charge in [0.25, 0.3) is 0 Å². The average Bonchev–Trinajstić information content (AvgIpc) is 2.53. The van der Waals surface area contributed by atoms with Crippen molar-refractivity contribution in [1.29, 1.82) is 5.26 Å². The maximum atomic E-state index is 13.8. The zero-order valence-corrected chi connectivity index (χ0v) is 11.8. The molecule has 0 amide bonds. The van der Waals surface area contributed by atoms with Gasteiger partial charge in [0, 0.05) is 18.2 Å². The summed E-state index contributed by atoms with van der Waals surface area (Å²) >= 11 is 0. The van der Waals surface area contributed by atoms with E-state index in [1.807, 2.05) is 18.2 Å². The molecule has 21 heavy (non-hydrogen) atoms. The van der Waals surface area contributed by atoms with E-state index in [2.05, 4.69) is 5.32 Å². The molecular weight excluding hydrogens is 271 g/mol. The van der Waals surface area contributed by atoms with Crippen molar-refractivity contribution in [3.05, 3.63) is 53.3 Å². The topological polar surface area (TPSA) is 54.3 Å². The molecule has 0 aliphatic rings. The second-order valence-electron chi connectivity index (χ2n) is 4.34. The molecule has 4 nitrogen and oxygen atoms in total. The highest BCUT2D eigenvalue weighted by Gasteiger charge is 2.07. The number of benzene rings is 2. The molecule has 2 rings (SSSR count). The molecule has 0 aliphatic carbocycles. The van der Waals surface area contributed by atoms with Crippen molar-refractivity contribution in [3.8, 4) is 17.6 Å². The Morgan fingerprint density at radius 3 is 2.57 bits per heavy atom. The summed E-state index contributed by atoms with van der Waals surface area (Å²) in [6.07, 6.45) is 0. The van der Waals surface area contributed by atoms with Crippen LogP contribution in [0.4, 0.5) is 10.1 Å². The number of hydrogen-bond acceptors (Lipinski definition) is 4. The quantitative estimate of drug-likeness (QED) is 0.916. The lowest BCUT2D eigenvalue weighted by atomic mass is 10.1. The SMILES string of the molecule is COc1ccc(CNc2ccc(C#N)cc2F)c(OC)c1. The van der Waals surface area contributed by atoms with Crippen molar-refractivity contribution in [1.82, 2.24) is 0 Å². The predicted molar refractivity (Wildman–Crippen MR) is 78.0 cm³/mol. The third-order valence-corrected chi connectivity index (χ3v) is 3.06. The predicted octanol–water partition coefficient (Wildman–Crippen LogP) is 3.33. The molecule has 0 saturated heterocycles. The van der Waals surface area contributed by atoms with Gasteiger partial charge in [-0.15, -0.1) is 0 Å². The minimum absolute atomic E-state index is 0.292. The third kappa shape index (κ3) is 3.42. The number of rotatable bonds is 5. The van der Waals surface area contributed by atoms with Crippen LogP contribution in [0.1, 0.15) is 11.1 Å². The Hall–Kier alpha value is -2.74. The van der Waals surface area contributed by atoms with E-state index in [-0.39, 0.29) is 0 Å². The van der Waals surface area contributed by atoms with Crippen molar-refractivity contribution in [2.75, 3.05) is 19.5 Å². The van der Waals surface area contributed by atoms with Crippen molar-refractivity contribution in [2.45, 2.75) is 6.54 Å². The van der Waals surface area contributed by atoms with Crippen molar-refractivity contribution in [2.24, 2.45) is 0 Å². The molecule has 0 bridgehead atoms. The molecule has 2 aromatic rings. The summed E-state index contributed by atoms with van der Waals surface area (Å²) in [6.45, 7) is 0.399. The summed E-state index contributed by atoms with van der Waals surface area (Å²) < 4.78 is 24.2. The number of halogens is 1. The summed E-state index contributed by atoms with van der Waals surface area (Å²) in [5.41, 5.74) is 1.51. The van der Waals surface area contributed by atoms with E-state index < -0.39 is 5.82 Å². The van der Waals surface area contributed by atoms with Crippen molar-refractivity contribution >= 4 is 5.69 Å². The van der Waals surface area contributed by atoms with Crippen LogP contribution < -0.4 is 14.8 Å². The van der Waals surface area contributed by atoms with Gasteiger partial charge in [0.2, 0.25) is 0 Å². The highest BCUT2D eigenvalue weighted by molar-refractivity contribution is 5.50. The molecule has 0 aromatic heterocycles. The molecule has 2 aromatic carbocycles. The van der Waals surface area contributed by atoms with Gasteiger partial charge in [-0.05, 0) is 30.3 Å². The molecule has 0 radical (unpaired) electrons. The molecule has 1 N–H and O–H groups in total. The highest BCUT2D eigenvalue weighted by Crippen LogP contribution is 2.26. The van der Waals surface area contributed by atoms with Crippen LogP contribution >= 0.6 is 0 Å². The standard InChI is InChI=1S/C16H15FN2O2/c1-20-13-5-4-12(16(8-13)21-2)10-19-15-6-3-11(9-18)7-14(15)17/h3-8,19H,10H2,1-2H3. The zero-order chi connectivity index (χ0) is 15.2. The molecular formula is C16H15FN2O2. The number of methoxy groups -OCH3 is 2. The van der Waals surface area contributed by atoms with E-state index in [1.54, 1.807) is 32.4 Å². The second kappa shape index (κ2) is 6.62. The Morgan fingerprint density at radius 1 is 1.14 bits per heavy atom. The van der Waals surface area contributed by atoms with Gasteiger partial charge in [-0.25, -0.2) is 4.39 Å². The van der Waals surface area contributed by atoms with Crippen LogP contribution in [0.25, 0.3) is 0 Å². The Labute approximate surface area is 122 Å². The van der Waals surface area contributed by atoms with Crippen LogP contribution in [0, 0.1) is 17.1 Å². The van der Waals surface area contributed by atoms with E-state index in [1.165, 1.54) is 6.07 Å². The third-order valence-electron chi connectivity index (χ3n) is 3.06. The van der Waals surface area contributed by atoms with Crippen LogP contribution in [0.5, 0.6) is 11.5 Å². The molecule has 108 valence electrons. The number of ether oxygens (including phenoxy) is 2. The summed E-state index contributed by atoms with van der Waals surface area (Å²) in [7, 11) is 3.15. The first-order valence-corrected chi connectivity index (χ1v) is 6.32. The lowest BCUT2D eigenvalue weighted by Crippen LogP contribution is -2.03. The van der Waals surface area contributed by atoms with Gasteiger partial charge in [-0.1, -0.05) is 0 Å².